The second-order valence-corrected chi connectivity index (χ2v) is 8.42. The number of carbonyl (C=O) groups is 1. The molecule has 142 valence electrons. The van der Waals surface area contributed by atoms with Crippen LogP contribution in [0.4, 0.5) is 0 Å². The Morgan fingerprint density at radius 3 is 2.88 bits per heavy atom. The predicted octanol–water partition coefficient (Wildman–Crippen LogP) is 2.63. The van der Waals surface area contributed by atoms with Crippen molar-refractivity contribution in [1.82, 2.24) is 14.8 Å². The zero-order valence-corrected chi connectivity index (χ0v) is 16.0. The van der Waals surface area contributed by atoms with E-state index in [-0.39, 0.29) is 5.41 Å². The highest BCUT2D eigenvalue weighted by molar-refractivity contribution is 5.85. The van der Waals surface area contributed by atoms with E-state index in [1.807, 2.05) is 30.0 Å². The van der Waals surface area contributed by atoms with Gasteiger partial charge in [-0.1, -0.05) is 6.07 Å². The van der Waals surface area contributed by atoms with Crippen LogP contribution in [-0.4, -0.2) is 60.1 Å². The molecule has 1 atom stereocenters. The number of ether oxygens (including phenoxy) is 1. The number of hydrogen-bond acceptors (Lipinski definition) is 4. The highest BCUT2D eigenvalue weighted by atomic mass is 16.5. The number of piperidine rings is 1. The molecule has 1 aromatic heterocycles. The number of amides is 1. The number of pyridine rings is 1. The van der Waals surface area contributed by atoms with E-state index in [0.717, 1.165) is 76.0 Å². The lowest BCUT2D eigenvalue weighted by Crippen LogP contribution is -2.49. The van der Waals surface area contributed by atoms with Crippen molar-refractivity contribution in [2.24, 2.45) is 11.3 Å². The van der Waals surface area contributed by atoms with Crippen molar-refractivity contribution in [1.29, 1.82) is 0 Å². The number of rotatable bonds is 4. The molecule has 5 heteroatoms. The van der Waals surface area contributed by atoms with Crippen molar-refractivity contribution in [3.8, 4) is 0 Å². The van der Waals surface area contributed by atoms with Crippen LogP contribution >= 0.6 is 0 Å². The number of aromatic nitrogens is 1. The lowest BCUT2D eigenvalue weighted by Gasteiger charge is -2.41. The lowest BCUT2D eigenvalue weighted by atomic mass is 9.78. The monoisotopic (exact) mass is 357 g/mol. The largest absolute Gasteiger partial charge is 0.381 e. The molecular weight excluding hydrogens is 326 g/mol. The smallest absolute Gasteiger partial charge is 0.230 e. The van der Waals surface area contributed by atoms with Crippen LogP contribution in [0.25, 0.3) is 0 Å². The Labute approximate surface area is 156 Å². The minimum absolute atomic E-state index is 0.146. The molecule has 5 nitrogen and oxygen atoms in total. The third-order valence-electron chi connectivity index (χ3n) is 6.41. The first-order valence-corrected chi connectivity index (χ1v) is 10.2. The van der Waals surface area contributed by atoms with Gasteiger partial charge in [-0.25, -0.2) is 0 Å². The summed E-state index contributed by atoms with van der Waals surface area (Å²) in [6, 6.07) is 6.07. The van der Waals surface area contributed by atoms with E-state index in [4.69, 9.17) is 4.74 Å². The number of aryl methyl sites for hydroxylation is 1. The van der Waals surface area contributed by atoms with Crippen LogP contribution in [0.2, 0.25) is 0 Å². The van der Waals surface area contributed by atoms with Gasteiger partial charge >= 0.3 is 0 Å². The van der Waals surface area contributed by atoms with Gasteiger partial charge in [0.05, 0.1) is 17.7 Å². The molecule has 4 rings (SSSR count). The average molecular weight is 357 g/mol. The van der Waals surface area contributed by atoms with Crippen molar-refractivity contribution >= 4 is 5.91 Å². The predicted molar refractivity (Wildman–Crippen MR) is 101 cm³/mol. The van der Waals surface area contributed by atoms with E-state index in [9.17, 15) is 4.79 Å². The van der Waals surface area contributed by atoms with Crippen LogP contribution in [0.3, 0.4) is 0 Å². The van der Waals surface area contributed by atoms with E-state index >= 15 is 0 Å². The van der Waals surface area contributed by atoms with E-state index in [2.05, 4.69) is 9.88 Å². The van der Waals surface area contributed by atoms with Crippen molar-refractivity contribution in [2.45, 2.75) is 45.6 Å². The molecule has 3 aliphatic rings. The fourth-order valence-electron chi connectivity index (χ4n) is 4.98. The highest BCUT2D eigenvalue weighted by Gasteiger charge is 2.48. The maximum absolute atomic E-state index is 13.3. The summed E-state index contributed by atoms with van der Waals surface area (Å²) in [4.78, 5) is 22.4. The average Bonchev–Trinajstić information content (AvgIpc) is 2.92. The molecule has 0 radical (unpaired) electrons. The van der Waals surface area contributed by atoms with E-state index in [1.165, 1.54) is 12.8 Å². The summed E-state index contributed by atoms with van der Waals surface area (Å²) in [5.74, 6) is 1.10. The summed E-state index contributed by atoms with van der Waals surface area (Å²) in [7, 11) is 0. The molecule has 1 spiro atoms. The summed E-state index contributed by atoms with van der Waals surface area (Å²) in [5, 5.41) is 0. The van der Waals surface area contributed by atoms with E-state index in [0.29, 0.717) is 12.5 Å². The van der Waals surface area contributed by atoms with Crippen LogP contribution in [0.1, 0.15) is 43.5 Å². The highest BCUT2D eigenvalue weighted by Crippen LogP contribution is 2.41. The molecule has 1 amide bonds. The minimum Gasteiger partial charge on any atom is -0.381 e. The Kier molecular flexibility index (Phi) is 5.28. The standard InChI is InChI=1S/C21H31N3O2/c1-17-4-2-5-19(22-17)15-24-11-9-21(20(24)25)8-3-10-23(16-21)14-18-6-12-26-13-7-18/h2,4-5,18H,3,6-16H2,1H3. The molecule has 4 heterocycles. The van der Waals surface area contributed by atoms with Crippen molar-refractivity contribution in [3.05, 3.63) is 29.6 Å². The van der Waals surface area contributed by atoms with Gasteiger partial charge in [-0.2, -0.15) is 0 Å². The minimum atomic E-state index is -0.146. The fourth-order valence-corrected chi connectivity index (χ4v) is 4.98. The number of carbonyl (C=O) groups excluding carboxylic acids is 1. The topological polar surface area (TPSA) is 45.7 Å². The van der Waals surface area contributed by atoms with Gasteiger partial charge in [-0.3, -0.25) is 9.78 Å². The van der Waals surface area contributed by atoms with Crippen molar-refractivity contribution in [3.63, 3.8) is 0 Å². The summed E-state index contributed by atoms with van der Waals surface area (Å²) >= 11 is 0. The lowest BCUT2D eigenvalue weighted by molar-refractivity contribution is -0.139. The number of likely N-dealkylation sites (tertiary alicyclic amines) is 2. The summed E-state index contributed by atoms with van der Waals surface area (Å²) in [6.45, 7) is 8.57. The van der Waals surface area contributed by atoms with Gasteiger partial charge in [0.2, 0.25) is 5.91 Å². The van der Waals surface area contributed by atoms with Crippen LogP contribution < -0.4 is 0 Å². The molecule has 0 saturated carbocycles. The first-order valence-electron chi connectivity index (χ1n) is 10.2. The molecule has 0 aromatic carbocycles. The van der Waals surface area contributed by atoms with Crippen LogP contribution in [-0.2, 0) is 16.1 Å². The van der Waals surface area contributed by atoms with Crippen LogP contribution in [0.15, 0.2) is 18.2 Å². The number of hydrogen-bond donors (Lipinski definition) is 0. The second kappa shape index (κ2) is 7.65. The third-order valence-corrected chi connectivity index (χ3v) is 6.41. The van der Waals surface area contributed by atoms with Crippen molar-refractivity contribution in [2.75, 3.05) is 39.4 Å². The molecule has 0 N–H and O–H groups in total. The zero-order chi connectivity index (χ0) is 18.0. The third kappa shape index (κ3) is 3.79. The van der Waals surface area contributed by atoms with Gasteiger partial charge in [-0.15, -0.1) is 0 Å². The van der Waals surface area contributed by atoms with Gasteiger partial charge in [0.25, 0.3) is 0 Å². The summed E-state index contributed by atoms with van der Waals surface area (Å²) in [5.41, 5.74) is 1.88. The Morgan fingerprint density at radius 2 is 2.08 bits per heavy atom. The molecule has 0 bridgehead atoms. The van der Waals surface area contributed by atoms with E-state index < -0.39 is 0 Å². The SMILES string of the molecule is Cc1cccc(CN2CCC3(CCCN(CC4CCOCC4)C3)C2=O)n1. The van der Waals surface area contributed by atoms with Gasteiger partial charge < -0.3 is 14.5 Å². The van der Waals surface area contributed by atoms with Gasteiger partial charge in [0, 0.05) is 38.5 Å². The van der Waals surface area contributed by atoms with Gasteiger partial charge in [0.1, 0.15) is 0 Å². The summed E-state index contributed by atoms with van der Waals surface area (Å²) < 4.78 is 5.49. The maximum Gasteiger partial charge on any atom is 0.230 e. The van der Waals surface area contributed by atoms with Crippen LogP contribution in [0.5, 0.6) is 0 Å². The molecule has 3 fully saturated rings. The van der Waals surface area contributed by atoms with Crippen molar-refractivity contribution < 1.29 is 9.53 Å². The first kappa shape index (κ1) is 17.9. The van der Waals surface area contributed by atoms with Crippen LogP contribution in [0, 0.1) is 18.3 Å². The Morgan fingerprint density at radius 1 is 1.23 bits per heavy atom. The molecule has 1 unspecified atom stereocenters. The number of nitrogens with zero attached hydrogens (tertiary/aromatic N) is 3. The van der Waals surface area contributed by atoms with Gasteiger partial charge in [-0.05, 0) is 63.6 Å². The Hall–Kier alpha value is -1.46. The first-order chi connectivity index (χ1) is 12.6. The molecule has 0 aliphatic carbocycles. The van der Waals surface area contributed by atoms with Gasteiger partial charge in [0.15, 0.2) is 0 Å². The Bertz CT molecular complexity index is 644. The normalized spacial score (nSPS) is 28.2. The second-order valence-electron chi connectivity index (χ2n) is 8.42. The summed E-state index contributed by atoms with van der Waals surface area (Å²) in [6.07, 6.45) is 5.53. The molecule has 3 aliphatic heterocycles. The molecule has 1 aromatic rings. The molecule has 3 saturated heterocycles. The maximum atomic E-state index is 13.3. The van der Waals surface area contributed by atoms with E-state index in [1.54, 1.807) is 0 Å². The molecular formula is C21H31N3O2. The fraction of sp³-hybridized carbons (Fsp3) is 0.714. The molecule has 26 heavy (non-hydrogen) atoms. The zero-order valence-electron chi connectivity index (χ0n) is 16.0. The Balaban J connectivity index is 1.39. The quantitative estimate of drug-likeness (QED) is 0.831.